The van der Waals surface area contributed by atoms with E-state index in [4.69, 9.17) is 5.73 Å². The van der Waals surface area contributed by atoms with Gasteiger partial charge >= 0.3 is 0 Å². The Morgan fingerprint density at radius 1 is 1.47 bits per heavy atom. The third-order valence-electron chi connectivity index (χ3n) is 1.86. The third kappa shape index (κ3) is 3.46. The second-order valence-electron chi connectivity index (χ2n) is 3.41. The number of carbonyl (C=O) groups is 1. The highest BCUT2D eigenvalue weighted by Crippen LogP contribution is 2.14. The van der Waals surface area contributed by atoms with Crippen molar-refractivity contribution in [2.45, 2.75) is 0 Å². The number of anilines is 2. The maximum absolute atomic E-state index is 12.9. The number of likely N-dealkylation sites (N-methyl/N-ethyl adjacent to an activating group) is 1. The summed E-state index contributed by atoms with van der Waals surface area (Å²) in [5.41, 5.74) is 6.28. The van der Waals surface area contributed by atoms with E-state index in [0.29, 0.717) is 11.4 Å². The van der Waals surface area contributed by atoms with Crippen LogP contribution >= 0.6 is 0 Å². The maximum atomic E-state index is 12.9. The molecule has 0 heterocycles. The van der Waals surface area contributed by atoms with E-state index in [1.54, 1.807) is 20.2 Å². The molecule has 1 aromatic rings. The quantitative estimate of drug-likeness (QED) is 0.730. The summed E-state index contributed by atoms with van der Waals surface area (Å²) in [7, 11) is 3.31. The normalized spacial score (nSPS) is 9.80. The summed E-state index contributed by atoms with van der Waals surface area (Å²) in [6, 6.07) is 4.09. The van der Waals surface area contributed by atoms with Crippen LogP contribution in [0.5, 0.6) is 0 Å². The SMILES string of the molecule is CN(C)C(=O)CNc1cc(N)cc(F)c1. The predicted molar refractivity (Wildman–Crippen MR) is 58.0 cm³/mol. The van der Waals surface area contributed by atoms with Crippen LogP contribution in [0, 0.1) is 5.82 Å². The molecule has 0 spiro atoms. The van der Waals surface area contributed by atoms with Crippen molar-refractivity contribution < 1.29 is 9.18 Å². The molecular formula is C10H14FN3O. The number of benzene rings is 1. The fourth-order valence-corrected chi connectivity index (χ4v) is 1.05. The van der Waals surface area contributed by atoms with Gasteiger partial charge in [0.15, 0.2) is 0 Å². The average molecular weight is 211 g/mol. The zero-order valence-electron chi connectivity index (χ0n) is 8.75. The van der Waals surface area contributed by atoms with Gasteiger partial charge in [0, 0.05) is 25.5 Å². The van der Waals surface area contributed by atoms with Crippen molar-refractivity contribution in [2.75, 3.05) is 31.7 Å². The summed E-state index contributed by atoms with van der Waals surface area (Å²) in [5.74, 6) is -0.507. The molecule has 0 aliphatic rings. The van der Waals surface area contributed by atoms with E-state index in [9.17, 15) is 9.18 Å². The van der Waals surface area contributed by atoms with Gasteiger partial charge in [0.2, 0.25) is 5.91 Å². The van der Waals surface area contributed by atoms with Crippen LogP contribution in [0.25, 0.3) is 0 Å². The highest BCUT2D eigenvalue weighted by Gasteiger charge is 2.04. The van der Waals surface area contributed by atoms with Gasteiger partial charge in [-0.25, -0.2) is 4.39 Å². The fourth-order valence-electron chi connectivity index (χ4n) is 1.05. The molecule has 5 heteroatoms. The Balaban J connectivity index is 2.61. The number of carbonyl (C=O) groups excluding carboxylic acids is 1. The van der Waals surface area contributed by atoms with Gasteiger partial charge in [-0.3, -0.25) is 4.79 Å². The zero-order chi connectivity index (χ0) is 11.4. The molecule has 0 saturated heterocycles. The fraction of sp³-hybridized carbons (Fsp3) is 0.300. The molecule has 0 radical (unpaired) electrons. The molecule has 0 fully saturated rings. The average Bonchev–Trinajstić information content (AvgIpc) is 2.12. The number of nitrogens with zero attached hydrogens (tertiary/aromatic N) is 1. The Kier molecular flexibility index (Phi) is 3.49. The molecule has 1 aromatic carbocycles. The number of halogens is 1. The maximum Gasteiger partial charge on any atom is 0.241 e. The first-order chi connectivity index (χ1) is 6.99. The molecule has 0 aliphatic carbocycles. The Hall–Kier alpha value is -1.78. The first-order valence-corrected chi connectivity index (χ1v) is 4.49. The molecule has 3 N–H and O–H groups in total. The molecule has 0 aliphatic heterocycles. The molecule has 0 saturated carbocycles. The minimum Gasteiger partial charge on any atom is -0.399 e. The van der Waals surface area contributed by atoms with Crippen molar-refractivity contribution in [3.05, 3.63) is 24.0 Å². The second-order valence-corrected chi connectivity index (χ2v) is 3.41. The number of nitrogens with one attached hydrogen (secondary N) is 1. The van der Waals surface area contributed by atoms with Crippen LogP contribution in [0.3, 0.4) is 0 Å². The van der Waals surface area contributed by atoms with Crippen LogP contribution in [-0.2, 0) is 4.79 Å². The smallest absolute Gasteiger partial charge is 0.241 e. The summed E-state index contributed by atoms with van der Waals surface area (Å²) < 4.78 is 12.9. The minimum atomic E-state index is -0.421. The summed E-state index contributed by atoms with van der Waals surface area (Å²) in [6.45, 7) is 0.121. The molecule has 0 unspecified atom stereocenters. The Labute approximate surface area is 87.9 Å². The van der Waals surface area contributed by atoms with Crippen molar-refractivity contribution in [1.82, 2.24) is 4.90 Å². The summed E-state index contributed by atoms with van der Waals surface area (Å²) >= 11 is 0. The van der Waals surface area contributed by atoms with Gasteiger partial charge in [0.05, 0.1) is 6.54 Å². The number of hydrogen-bond donors (Lipinski definition) is 2. The zero-order valence-corrected chi connectivity index (χ0v) is 8.75. The number of rotatable bonds is 3. The van der Waals surface area contributed by atoms with Crippen molar-refractivity contribution >= 4 is 17.3 Å². The highest BCUT2D eigenvalue weighted by molar-refractivity contribution is 5.80. The summed E-state index contributed by atoms with van der Waals surface area (Å²) in [5, 5.41) is 2.80. The van der Waals surface area contributed by atoms with Gasteiger partial charge < -0.3 is 16.0 Å². The lowest BCUT2D eigenvalue weighted by molar-refractivity contribution is -0.126. The van der Waals surface area contributed by atoms with Crippen molar-refractivity contribution in [1.29, 1.82) is 0 Å². The van der Waals surface area contributed by atoms with Crippen LogP contribution in [-0.4, -0.2) is 31.4 Å². The van der Waals surface area contributed by atoms with E-state index in [1.165, 1.54) is 17.0 Å². The van der Waals surface area contributed by atoms with Crippen LogP contribution in [0.15, 0.2) is 18.2 Å². The summed E-state index contributed by atoms with van der Waals surface area (Å²) in [4.78, 5) is 12.7. The molecule has 1 amide bonds. The molecule has 82 valence electrons. The monoisotopic (exact) mass is 211 g/mol. The molecule has 0 aromatic heterocycles. The molecular weight excluding hydrogens is 197 g/mol. The van der Waals surface area contributed by atoms with Crippen LogP contribution in [0.1, 0.15) is 0 Å². The second kappa shape index (κ2) is 4.63. The van der Waals surface area contributed by atoms with E-state index in [2.05, 4.69) is 5.32 Å². The number of nitrogens with two attached hydrogens (primary N) is 1. The lowest BCUT2D eigenvalue weighted by atomic mass is 10.2. The van der Waals surface area contributed by atoms with E-state index in [-0.39, 0.29) is 12.5 Å². The van der Waals surface area contributed by atoms with Gasteiger partial charge in [-0.2, -0.15) is 0 Å². The van der Waals surface area contributed by atoms with E-state index in [0.717, 1.165) is 0 Å². The van der Waals surface area contributed by atoms with Crippen molar-refractivity contribution in [2.24, 2.45) is 0 Å². The van der Waals surface area contributed by atoms with Gasteiger partial charge in [-0.15, -0.1) is 0 Å². The largest absolute Gasteiger partial charge is 0.399 e. The van der Waals surface area contributed by atoms with E-state index in [1.807, 2.05) is 0 Å². The molecule has 4 nitrogen and oxygen atoms in total. The first kappa shape index (κ1) is 11.3. The van der Waals surface area contributed by atoms with Gasteiger partial charge in [-0.05, 0) is 18.2 Å². The van der Waals surface area contributed by atoms with E-state index >= 15 is 0 Å². The van der Waals surface area contributed by atoms with Crippen LogP contribution < -0.4 is 11.1 Å². The van der Waals surface area contributed by atoms with E-state index < -0.39 is 5.82 Å². The first-order valence-electron chi connectivity index (χ1n) is 4.49. The minimum absolute atomic E-state index is 0.0853. The topological polar surface area (TPSA) is 58.4 Å². The Morgan fingerprint density at radius 2 is 2.13 bits per heavy atom. The van der Waals surface area contributed by atoms with Crippen LogP contribution in [0.4, 0.5) is 15.8 Å². The lowest BCUT2D eigenvalue weighted by Crippen LogP contribution is -2.28. The third-order valence-corrected chi connectivity index (χ3v) is 1.86. The van der Waals surface area contributed by atoms with Crippen LogP contribution in [0.2, 0.25) is 0 Å². The van der Waals surface area contributed by atoms with Crippen molar-refractivity contribution in [3.63, 3.8) is 0 Å². The number of nitrogen functional groups attached to an aromatic ring is 1. The molecule has 0 bridgehead atoms. The van der Waals surface area contributed by atoms with Gasteiger partial charge in [0.1, 0.15) is 5.82 Å². The highest BCUT2D eigenvalue weighted by atomic mass is 19.1. The van der Waals surface area contributed by atoms with Gasteiger partial charge in [0.25, 0.3) is 0 Å². The standard InChI is InChI=1S/C10H14FN3O/c1-14(2)10(15)6-13-9-4-7(11)3-8(12)5-9/h3-5,13H,6,12H2,1-2H3. The molecule has 15 heavy (non-hydrogen) atoms. The molecule has 0 atom stereocenters. The Morgan fingerprint density at radius 3 is 2.67 bits per heavy atom. The summed E-state index contributed by atoms with van der Waals surface area (Å²) in [6.07, 6.45) is 0. The number of hydrogen-bond acceptors (Lipinski definition) is 3. The predicted octanol–water partition coefficient (Wildman–Crippen LogP) is 0.908. The molecule has 1 rings (SSSR count). The van der Waals surface area contributed by atoms with Crippen molar-refractivity contribution in [3.8, 4) is 0 Å². The Bertz CT molecular complexity index is 345. The lowest BCUT2D eigenvalue weighted by Gasteiger charge is -2.12. The number of amides is 1. The van der Waals surface area contributed by atoms with Gasteiger partial charge in [-0.1, -0.05) is 0 Å².